The van der Waals surface area contributed by atoms with Crippen LogP contribution in [0, 0.1) is 11.6 Å². The molecular weight excluding hydrogens is 584 g/mol. The van der Waals surface area contributed by atoms with Crippen LogP contribution >= 0.6 is 0 Å². The molecule has 0 unspecified atom stereocenters. The maximum Gasteiger partial charge on any atom is 0.123 e. The topological polar surface area (TPSA) is 13.1 Å². The van der Waals surface area contributed by atoms with E-state index in [1.165, 1.54) is 24.3 Å². The molecule has 9 rings (SSSR count). The van der Waals surface area contributed by atoms with Crippen molar-refractivity contribution in [2.45, 2.75) is 0 Å². The maximum absolute atomic E-state index is 14.2. The third-order valence-electron chi connectivity index (χ3n) is 9.01. The van der Waals surface area contributed by atoms with Gasteiger partial charge in [0.15, 0.2) is 0 Å². The van der Waals surface area contributed by atoms with Crippen LogP contribution in [0.2, 0.25) is 0 Å². The molecule has 224 valence electrons. The Kier molecular flexibility index (Phi) is 6.18. The number of nitrogens with zero attached hydrogens (tertiary/aromatic N) is 3. The molecule has 0 aliphatic carbocycles. The molecule has 7 aromatic carbocycles. The second-order valence-electron chi connectivity index (χ2n) is 11.7. The van der Waals surface area contributed by atoms with E-state index in [4.69, 9.17) is 0 Å². The Balaban J connectivity index is 1.30. The molecule has 2 aromatic heterocycles. The number of aromatic nitrogens is 2. The van der Waals surface area contributed by atoms with Crippen molar-refractivity contribution < 1.29 is 8.78 Å². The minimum absolute atomic E-state index is 0.276. The molecule has 0 amide bonds. The van der Waals surface area contributed by atoms with E-state index in [1.54, 1.807) is 0 Å². The van der Waals surface area contributed by atoms with Gasteiger partial charge in [-0.2, -0.15) is 0 Å². The van der Waals surface area contributed by atoms with Crippen molar-refractivity contribution in [1.82, 2.24) is 9.13 Å². The van der Waals surface area contributed by atoms with Crippen LogP contribution < -0.4 is 4.90 Å². The number of anilines is 3. The van der Waals surface area contributed by atoms with Crippen LogP contribution in [-0.4, -0.2) is 9.13 Å². The van der Waals surface area contributed by atoms with Crippen LogP contribution in [0.25, 0.3) is 55.0 Å². The summed E-state index contributed by atoms with van der Waals surface area (Å²) >= 11 is 0. The summed E-state index contributed by atoms with van der Waals surface area (Å²) in [5.74, 6) is -0.566. The number of halogens is 2. The zero-order chi connectivity index (χ0) is 31.5. The zero-order valence-corrected chi connectivity index (χ0v) is 25.2. The van der Waals surface area contributed by atoms with Crippen molar-refractivity contribution in [3.63, 3.8) is 0 Å². The Morgan fingerprint density at radius 2 is 0.809 bits per heavy atom. The highest BCUT2D eigenvalue weighted by atomic mass is 19.1. The van der Waals surface area contributed by atoms with Crippen LogP contribution in [0.5, 0.6) is 0 Å². The molecular formula is C42H27F2N3. The van der Waals surface area contributed by atoms with Gasteiger partial charge in [0.25, 0.3) is 0 Å². The van der Waals surface area contributed by atoms with Crippen LogP contribution in [0.1, 0.15) is 0 Å². The minimum Gasteiger partial charge on any atom is -0.310 e. The van der Waals surface area contributed by atoms with Gasteiger partial charge in [-0.25, -0.2) is 8.78 Å². The van der Waals surface area contributed by atoms with Crippen molar-refractivity contribution in [3.05, 3.63) is 175 Å². The summed E-state index contributed by atoms with van der Waals surface area (Å²) < 4.78 is 32.7. The fourth-order valence-electron chi connectivity index (χ4n) is 6.96. The molecule has 0 fully saturated rings. The van der Waals surface area contributed by atoms with E-state index in [2.05, 4.69) is 111 Å². The van der Waals surface area contributed by atoms with Crippen LogP contribution in [0.15, 0.2) is 164 Å². The first kappa shape index (κ1) is 27.1. The van der Waals surface area contributed by atoms with Gasteiger partial charge in [0, 0.05) is 50.0 Å². The lowest BCUT2D eigenvalue weighted by Gasteiger charge is -2.26. The van der Waals surface area contributed by atoms with Crippen LogP contribution in [-0.2, 0) is 0 Å². The van der Waals surface area contributed by atoms with Crippen molar-refractivity contribution in [3.8, 4) is 11.4 Å². The average Bonchev–Trinajstić information content (AvgIpc) is 3.62. The molecule has 0 aliphatic rings. The van der Waals surface area contributed by atoms with Crippen LogP contribution in [0.4, 0.5) is 25.8 Å². The monoisotopic (exact) mass is 611 g/mol. The summed E-state index contributed by atoms with van der Waals surface area (Å²) in [7, 11) is 0. The molecule has 0 bridgehead atoms. The molecule has 2 heterocycles. The fraction of sp³-hybridized carbons (Fsp3) is 0. The number of benzene rings is 7. The van der Waals surface area contributed by atoms with Gasteiger partial charge in [0.1, 0.15) is 11.6 Å². The number of hydrogen-bond acceptors (Lipinski definition) is 1. The van der Waals surface area contributed by atoms with Gasteiger partial charge < -0.3 is 14.0 Å². The van der Waals surface area contributed by atoms with E-state index in [-0.39, 0.29) is 11.6 Å². The number of para-hydroxylation sites is 3. The lowest BCUT2D eigenvalue weighted by Crippen LogP contribution is -2.10. The summed E-state index contributed by atoms with van der Waals surface area (Å²) in [6, 6.07) is 53.3. The summed E-state index contributed by atoms with van der Waals surface area (Å²) in [4.78, 5) is 2.17. The van der Waals surface area contributed by atoms with Crippen molar-refractivity contribution in [2.24, 2.45) is 0 Å². The Hall–Kier alpha value is -6.20. The van der Waals surface area contributed by atoms with E-state index in [9.17, 15) is 8.78 Å². The highest BCUT2D eigenvalue weighted by molar-refractivity contribution is 6.12. The van der Waals surface area contributed by atoms with Gasteiger partial charge in [0.2, 0.25) is 0 Å². The molecule has 0 spiro atoms. The Morgan fingerprint density at radius 1 is 0.340 bits per heavy atom. The summed E-state index contributed by atoms with van der Waals surface area (Å²) in [5, 5.41) is 4.48. The standard InChI is InChI=1S/C42H27F2N3/c43-28-14-18-31(19-15-28)45(33-23-25-41-38(26-33)36-11-5-7-13-40(36)46(41)30-8-2-1-3-9-30)34-22-24-37-35-10-4-6-12-39(35)47(42(37)27-34)32-20-16-29(44)17-21-32/h1-27H. The molecule has 0 radical (unpaired) electrons. The quantitative estimate of drug-likeness (QED) is 0.189. The maximum atomic E-state index is 14.2. The third-order valence-corrected chi connectivity index (χ3v) is 9.01. The predicted octanol–water partition coefficient (Wildman–Crippen LogP) is 11.6. The number of rotatable bonds is 5. The van der Waals surface area contributed by atoms with Gasteiger partial charge in [0.05, 0.1) is 22.1 Å². The van der Waals surface area contributed by atoms with E-state index < -0.39 is 0 Å². The second-order valence-corrected chi connectivity index (χ2v) is 11.7. The zero-order valence-electron chi connectivity index (χ0n) is 25.2. The van der Waals surface area contributed by atoms with Crippen LogP contribution in [0.3, 0.4) is 0 Å². The lowest BCUT2D eigenvalue weighted by atomic mass is 10.1. The summed E-state index contributed by atoms with van der Waals surface area (Å²) in [6.45, 7) is 0. The molecule has 9 aromatic rings. The van der Waals surface area contributed by atoms with Crippen molar-refractivity contribution in [1.29, 1.82) is 0 Å². The SMILES string of the molecule is Fc1ccc(N(c2ccc3c(c2)c2ccccc2n3-c2ccccc2)c2ccc3c4ccccc4n(-c4ccc(F)cc4)c3c2)cc1. The Bertz CT molecular complexity index is 2580. The largest absolute Gasteiger partial charge is 0.310 e. The van der Waals surface area contributed by atoms with Gasteiger partial charge in [-0.15, -0.1) is 0 Å². The second kappa shape index (κ2) is 10.7. The molecule has 47 heavy (non-hydrogen) atoms. The Morgan fingerprint density at radius 3 is 1.51 bits per heavy atom. The highest BCUT2D eigenvalue weighted by Crippen LogP contribution is 2.42. The lowest BCUT2D eigenvalue weighted by molar-refractivity contribution is 0.627. The van der Waals surface area contributed by atoms with Crippen molar-refractivity contribution >= 4 is 60.7 Å². The third kappa shape index (κ3) is 4.39. The van der Waals surface area contributed by atoms with E-state index in [1.807, 2.05) is 42.5 Å². The predicted molar refractivity (Wildman–Crippen MR) is 190 cm³/mol. The van der Waals surface area contributed by atoms with Gasteiger partial charge in [-0.1, -0.05) is 60.7 Å². The molecule has 0 aliphatic heterocycles. The summed E-state index contributed by atoms with van der Waals surface area (Å²) in [6.07, 6.45) is 0. The van der Waals surface area contributed by atoms with Gasteiger partial charge in [-0.3, -0.25) is 0 Å². The molecule has 0 N–H and O–H groups in total. The number of fused-ring (bicyclic) bond motifs is 6. The molecule has 0 atom stereocenters. The van der Waals surface area contributed by atoms with E-state index in [0.717, 1.165) is 72.0 Å². The average molecular weight is 612 g/mol. The van der Waals surface area contributed by atoms with E-state index in [0.29, 0.717) is 0 Å². The first-order valence-electron chi connectivity index (χ1n) is 15.6. The minimum atomic E-state index is -0.290. The Labute approximate surface area is 269 Å². The molecule has 0 saturated carbocycles. The fourth-order valence-corrected chi connectivity index (χ4v) is 6.96. The van der Waals surface area contributed by atoms with Gasteiger partial charge >= 0.3 is 0 Å². The molecule has 5 heteroatoms. The highest BCUT2D eigenvalue weighted by Gasteiger charge is 2.20. The first-order chi connectivity index (χ1) is 23.1. The molecule has 3 nitrogen and oxygen atoms in total. The van der Waals surface area contributed by atoms with E-state index >= 15 is 0 Å². The molecule has 0 saturated heterocycles. The normalized spacial score (nSPS) is 11.6. The number of hydrogen-bond donors (Lipinski definition) is 0. The summed E-state index contributed by atoms with van der Waals surface area (Å²) in [5.41, 5.74) is 8.93. The van der Waals surface area contributed by atoms with Crippen molar-refractivity contribution in [2.75, 3.05) is 4.90 Å². The first-order valence-corrected chi connectivity index (χ1v) is 15.6. The van der Waals surface area contributed by atoms with Gasteiger partial charge in [-0.05, 0) is 103 Å². The smallest absolute Gasteiger partial charge is 0.123 e.